The number of allylic oxidation sites excluding steroid dienone is 1. The molecule has 6 aliphatic rings. The van der Waals surface area contributed by atoms with Crippen molar-refractivity contribution in [1.82, 2.24) is 9.80 Å². The summed E-state index contributed by atoms with van der Waals surface area (Å²) in [5.41, 5.74) is 2.75. The summed E-state index contributed by atoms with van der Waals surface area (Å²) in [6.07, 6.45) is 11.0. The molecule has 0 aromatic rings. The second kappa shape index (κ2) is 14.5. The summed E-state index contributed by atoms with van der Waals surface area (Å²) in [6, 6.07) is 0. The molecule has 0 aromatic carbocycles. The van der Waals surface area contributed by atoms with Gasteiger partial charge in [0.15, 0.2) is 0 Å². The molecule has 10 atom stereocenters. The number of likely N-dealkylation sites (N-methyl/N-ethyl adjacent to an activating group) is 1. The van der Waals surface area contributed by atoms with E-state index in [1.165, 1.54) is 32.1 Å². The number of carbonyl (C=O) groups excluding carboxylic acids is 1. The molecule has 7 heteroatoms. The van der Waals surface area contributed by atoms with Gasteiger partial charge in [-0.1, -0.05) is 59.6 Å². The van der Waals surface area contributed by atoms with Gasteiger partial charge < -0.3 is 19.8 Å². The Labute approximate surface area is 299 Å². The lowest BCUT2D eigenvalue weighted by Crippen LogP contribution is -2.61. The van der Waals surface area contributed by atoms with E-state index in [1.54, 1.807) is 25.0 Å². The maximum atomic E-state index is 12.9. The highest BCUT2D eigenvalue weighted by molar-refractivity contribution is 5.81. The summed E-state index contributed by atoms with van der Waals surface area (Å²) in [5, 5.41) is 21.7. The number of carboxylic acids is 1. The van der Waals surface area contributed by atoms with Gasteiger partial charge in [-0.3, -0.25) is 14.5 Å². The van der Waals surface area contributed by atoms with Crippen molar-refractivity contribution in [3.63, 3.8) is 0 Å². The van der Waals surface area contributed by atoms with Crippen molar-refractivity contribution in [3.05, 3.63) is 11.1 Å². The lowest BCUT2D eigenvalue weighted by Gasteiger charge is -2.67. The third-order valence-electron chi connectivity index (χ3n) is 15.5. The molecule has 10 unspecified atom stereocenters. The highest BCUT2D eigenvalue weighted by atomic mass is 16.5. The zero-order valence-electron chi connectivity index (χ0n) is 32.9. The fourth-order valence-electron chi connectivity index (χ4n) is 12.8. The zero-order chi connectivity index (χ0) is 36.1. The number of fused-ring (bicyclic) bond motifs is 7. The Kier molecular flexibility index (Phi) is 11.5. The summed E-state index contributed by atoms with van der Waals surface area (Å²) >= 11 is 0. The number of carbonyl (C=O) groups is 2. The number of rotatable bonds is 8. The molecule has 5 fully saturated rings. The topological polar surface area (TPSA) is 90.3 Å². The molecule has 0 amide bonds. The third-order valence-corrected chi connectivity index (χ3v) is 15.5. The normalized spacial score (nSPS) is 40.3. The van der Waals surface area contributed by atoms with Crippen LogP contribution in [0.4, 0.5) is 0 Å². The van der Waals surface area contributed by atoms with Crippen LogP contribution in [0.3, 0.4) is 0 Å². The van der Waals surface area contributed by atoms with Gasteiger partial charge >= 0.3 is 11.9 Å². The molecular formula is C42H72N2O5. The maximum Gasteiger partial charge on any atom is 0.309 e. The van der Waals surface area contributed by atoms with Crippen molar-refractivity contribution in [2.75, 3.05) is 39.8 Å². The van der Waals surface area contributed by atoms with Crippen LogP contribution < -0.4 is 0 Å². The van der Waals surface area contributed by atoms with E-state index < -0.39 is 11.4 Å². The quantitative estimate of drug-likeness (QED) is 0.198. The number of hydrogen-bond donors (Lipinski definition) is 2. The minimum Gasteiger partial charge on any atom is -0.481 e. The van der Waals surface area contributed by atoms with Crippen molar-refractivity contribution in [3.8, 4) is 0 Å². The van der Waals surface area contributed by atoms with Crippen LogP contribution in [0.2, 0.25) is 0 Å². The van der Waals surface area contributed by atoms with Crippen LogP contribution in [0.5, 0.6) is 0 Å². The Morgan fingerprint density at radius 3 is 2.16 bits per heavy atom. The maximum absolute atomic E-state index is 12.9. The van der Waals surface area contributed by atoms with Crippen LogP contribution in [0.1, 0.15) is 133 Å². The summed E-state index contributed by atoms with van der Waals surface area (Å²) < 4.78 is 6.07. The first-order chi connectivity index (χ1) is 23.0. The predicted molar refractivity (Wildman–Crippen MR) is 197 cm³/mol. The van der Waals surface area contributed by atoms with Gasteiger partial charge in [0.2, 0.25) is 0 Å². The Balaban J connectivity index is 0.00000230. The summed E-state index contributed by atoms with van der Waals surface area (Å²) in [5.74, 6) is 1.94. The SMILES string of the molecule is CC.CC(C)C1=C2C3CCC4C(C)(CCC5C(C)C(OC(=O)CC(C)(C)C(=O)O)CCC54C)C3CCC2(C(O)CN2CCN(C)CC2)CC1. The van der Waals surface area contributed by atoms with Crippen molar-refractivity contribution in [2.45, 2.75) is 145 Å². The molecule has 0 radical (unpaired) electrons. The Morgan fingerprint density at radius 1 is 0.918 bits per heavy atom. The van der Waals surface area contributed by atoms with Gasteiger partial charge in [0.25, 0.3) is 0 Å². The predicted octanol–water partition coefficient (Wildman–Crippen LogP) is 8.06. The monoisotopic (exact) mass is 685 g/mol. The van der Waals surface area contributed by atoms with Crippen LogP contribution in [0.15, 0.2) is 11.1 Å². The van der Waals surface area contributed by atoms with Gasteiger partial charge in [0.1, 0.15) is 6.10 Å². The molecule has 1 saturated heterocycles. The number of aliphatic hydroxyl groups excluding tert-OH is 1. The average Bonchev–Trinajstić information content (AvgIpc) is 3.46. The smallest absolute Gasteiger partial charge is 0.309 e. The minimum atomic E-state index is -1.11. The molecule has 280 valence electrons. The third kappa shape index (κ3) is 6.80. The Hall–Kier alpha value is -1.44. The number of aliphatic hydroxyl groups is 1. The first-order valence-corrected chi connectivity index (χ1v) is 20.3. The van der Waals surface area contributed by atoms with Gasteiger partial charge in [-0.15, -0.1) is 0 Å². The van der Waals surface area contributed by atoms with E-state index in [0.717, 1.165) is 64.8 Å². The molecule has 0 spiro atoms. The van der Waals surface area contributed by atoms with Gasteiger partial charge in [-0.25, -0.2) is 0 Å². The average molecular weight is 685 g/mol. The minimum absolute atomic E-state index is 0.0416. The van der Waals surface area contributed by atoms with Crippen molar-refractivity contribution in [2.24, 2.45) is 57.2 Å². The number of ether oxygens (including phenoxy) is 1. The number of β-amino-alcohol motifs (C(OH)–C–C–N with tert-alkyl or cyclic N) is 1. The van der Waals surface area contributed by atoms with Gasteiger partial charge in [0.05, 0.1) is 17.9 Å². The summed E-state index contributed by atoms with van der Waals surface area (Å²) in [6.45, 7) is 24.6. The van der Waals surface area contributed by atoms with E-state index in [1.807, 2.05) is 13.8 Å². The number of carboxylic acid groups (broad SMARTS) is 1. The van der Waals surface area contributed by atoms with Crippen molar-refractivity contribution >= 4 is 11.9 Å². The number of piperazine rings is 1. The van der Waals surface area contributed by atoms with Crippen LogP contribution in [0.25, 0.3) is 0 Å². The fraction of sp³-hybridized carbons (Fsp3) is 0.905. The molecule has 7 nitrogen and oxygen atoms in total. The van der Waals surface area contributed by atoms with E-state index in [9.17, 15) is 19.8 Å². The highest BCUT2D eigenvalue weighted by Crippen LogP contribution is 2.72. The second-order valence-electron chi connectivity index (χ2n) is 18.7. The summed E-state index contributed by atoms with van der Waals surface area (Å²) in [4.78, 5) is 29.5. The van der Waals surface area contributed by atoms with Crippen LogP contribution in [0, 0.1) is 57.2 Å². The fourth-order valence-corrected chi connectivity index (χ4v) is 12.8. The van der Waals surface area contributed by atoms with E-state index >= 15 is 0 Å². The standard InChI is InChI=1S/C40H66N2O5.C2H6/c1-25(2)27-11-17-40(33(43)24-42-21-19-41(8)20-22-42)18-13-30-28(35(27)40)9-10-32-38(6)16-14-31(26(3)29(38)12-15-39(30,32)7)47-34(44)23-37(4,5)36(45)46;1-2/h25-26,28-33,43H,9-24H2,1-8H3,(H,45,46);1-2H3. The number of aliphatic carboxylic acids is 1. The molecule has 0 bridgehead atoms. The lowest BCUT2D eigenvalue weighted by molar-refractivity contribution is -0.193. The molecule has 1 aliphatic heterocycles. The van der Waals surface area contributed by atoms with E-state index in [4.69, 9.17) is 4.74 Å². The molecule has 2 N–H and O–H groups in total. The summed E-state index contributed by atoms with van der Waals surface area (Å²) in [7, 11) is 2.21. The molecule has 49 heavy (non-hydrogen) atoms. The van der Waals surface area contributed by atoms with E-state index in [0.29, 0.717) is 29.6 Å². The number of esters is 1. The molecule has 5 aliphatic carbocycles. The molecular weight excluding hydrogens is 612 g/mol. The largest absolute Gasteiger partial charge is 0.481 e. The Morgan fingerprint density at radius 2 is 1.53 bits per heavy atom. The number of hydrogen-bond acceptors (Lipinski definition) is 6. The molecule has 0 aromatic heterocycles. The molecule has 6 rings (SSSR count). The van der Waals surface area contributed by atoms with Gasteiger partial charge in [0, 0.05) is 38.1 Å². The number of nitrogens with zero attached hydrogens (tertiary/aromatic N) is 2. The van der Waals surface area contributed by atoms with Gasteiger partial charge in [-0.05, 0) is 131 Å². The van der Waals surface area contributed by atoms with Crippen LogP contribution in [-0.4, -0.2) is 83.9 Å². The molecule has 1 heterocycles. The van der Waals surface area contributed by atoms with E-state index in [2.05, 4.69) is 51.5 Å². The van der Waals surface area contributed by atoms with Crippen LogP contribution >= 0.6 is 0 Å². The highest BCUT2D eigenvalue weighted by Gasteiger charge is 2.65. The first kappa shape index (κ1) is 38.8. The second-order valence-corrected chi connectivity index (χ2v) is 18.7. The lowest BCUT2D eigenvalue weighted by atomic mass is 9.38. The van der Waals surface area contributed by atoms with Gasteiger partial charge in [-0.2, -0.15) is 0 Å². The van der Waals surface area contributed by atoms with Crippen LogP contribution in [-0.2, 0) is 14.3 Å². The van der Waals surface area contributed by atoms with E-state index in [-0.39, 0.29) is 46.8 Å². The molecule has 4 saturated carbocycles. The Bertz CT molecular complexity index is 1240. The van der Waals surface area contributed by atoms with Crippen molar-refractivity contribution in [1.29, 1.82) is 0 Å². The first-order valence-electron chi connectivity index (χ1n) is 20.3. The zero-order valence-corrected chi connectivity index (χ0v) is 32.9. The van der Waals surface area contributed by atoms with Crippen molar-refractivity contribution < 1.29 is 24.5 Å².